The highest BCUT2D eigenvalue weighted by atomic mass is 16.5. The predicted molar refractivity (Wildman–Crippen MR) is 87.6 cm³/mol. The maximum absolute atomic E-state index is 12.5. The lowest BCUT2D eigenvalue weighted by Crippen LogP contribution is -2.62. The van der Waals surface area contributed by atoms with Crippen LogP contribution < -0.4 is 0 Å². The van der Waals surface area contributed by atoms with Gasteiger partial charge in [-0.15, -0.1) is 0 Å². The van der Waals surface area contributed by atoms with Gasteiger partial charge in [0.2, 0.25) is 0 Å². The van der Waals surface area contributed by atoms with E-state index in [9.17, 15) is 9.59 Å². The van der Waals surface area contributed by atoms with E-state index in [1.807, 2.05) is 0 Å². The molecule has 1 spiro atoms. The minimum Gasteiger partial charge on any atom is -0.457 e. The van der Waals surface area contributed by atoms with Crippen molar-refractivity contribution in [3.63, 3.8) is 0 Å². The minimum atomic E-state index is -0.257. The molecule has 126 valence electrons. The molecule has 1 heterocycles. The van der Waals surface area contributed by atoms with Gasteiger partial charge in [-0.2, -0.15) is 0 Å². The Hall–Kier alpha value is -1.12. The Kier molecular flexibility index (Phi) is 3.01. The fourth-order valence-electron chi connectivity index (χ4n) is 6.85. The summed E-state index contributed by atoms with van der Waals surface area (Å²) in [5, 5.41) is 0. The van der Waals surface area contributed by atoms with Gasteiger partial charge in [-0.1, -0.05) is 26.3 Å². The number of allylic oxidation sites excluding steroid dienone is 1. The van der Waals surface area contributed by atoms with Crippen molar-refractivity contribution in [3.8, 4) is 0 Å². The Bertz CT molecular complexity index is 616. The minimum absolute atomic E-state index is 0.0349. The van der Waals surface area contributed by atoms with Crippen LogP contribution in [-0.4, -0.2) is 17.9 Å². The molecule has 0 aromatic heterocycles. The van der Waals surface area contributed by atoms with Crippen molar-refractivity contribution in [1.29, 1.82) is 0 Å². The van der Waals surface area contributed by atoms with Crippen LogP contribution in [0.4, 0.5) is 0 Å². The standard InChI is InChI=1S/C20H28O3/c1-12-9-16-20(11-12)8-5-13-18(2,3)15(21)6-7-19(13,4)14(20)10-17(22)23-16/h9,13-14,16H,5-8,10-11H2,1-4H3/t13-,14+,16+,19-,20+/m1/s1. The SMILES string of the molecule is CC1=C[C@@H]2OC(=O)C[C@H]3[C@]4(C)CCC(=O)C(C)(C)[C@H]4CC[C@@]23C1. The third-order valence-electron chi connectivity index (χ3n) is 7.90. The topological polar surface area (TPSA) is 43.4 Å². The number of esters is 1. The Morgan fingerprint density at radius 2 is 1.87 bits per heavy atom. The normalized spacial score (nSPS) is 48.0. The van der Waals surface area contributed by atoms with Crippen LogP contribution in [0, 0.1) is 28.1 Å². The van der Waals surface area contributed by atoms with Crippen LogP contribution in [0.1, 0.15) is 66.2 Å². The second-order valence-corrected chi connectivity index (χ2v) is 9.33. The highest BCUT2D eigenvalue weighted by molar-refractivity contribution is 5.85. The first-order valence-corrected chi connectivity index (χ1v) is 9.10. The molecule has 0 bridgehead atoms. The summed E-state index contributed by atoms with van der Waals surface area (Å²) in [6.45, 7) is 8.79. The van der Waals surface area contributed by atoms with Crippen LogP contribution in [0.25, 0.3) is 0 Å². The molecule has 0 aromatic rings. The molecule has 23 heavy (non-hydrogen) atoms. The van der Waals surface area contributed by atoms with Crippen molar-refractivity contribution in [2.75, 3.05) is 0 Å². The van der Waals surface area contributed by atoms with Crippen molar-refractivity contribution in [3.05, 3.63) is 11.6 Å². The third-order valence-corrected chi connectivity index (χ3v) is 7.90. The molecule has 0 radical (unpaired) electrons. The van der Waals surface area contributed by atoms with E-state index in [0.717, 1.165) is 25.7 Å². The van der Waals surface area contributed by atoms with Crippen molar-refractivity contribution >= 4 is 11.8 Å². The fraction of sp³-hybridized carbons (Fsp3) is 0.800. The lowest BCUT2D eigenvalue weighted by molar-refractivity contribution is -0.205. The lowest BCUT2D eigenvalue weighted by atomic mass is 9.41. The molecule has 3 nitrogen and oxygen atoms in total. The number of carbonyl (C=O) groups excluding carboxylic acids is 2. The summed E-state index contributed by atoms with van der Waals surface area (Å²) in [5.41, 5.74) is 1.28. The first-order valence-electron chi connectivity index (χ1n) is 9.10. The second kappa shape index (κ2) is 4.49. The van der Waals surface area contributed by atoms with Crippen LogP contribution >= 0.6 is 0 Å². The molecule has 3 heteroatoms. The molecule has 0 unspecified atom stereocenters. The van der Waals surface area contributed by atoms with Gasteiger partial charge in [0, 0.05) is 23.7 Å². The molecular weight excluding hydrogens is 288 g/mol. The zero-order valence-corrected chi connectivity index (χ0v) is 14.8. The Morgan fingerprint density at radius 3 is 2.61 bits per heavy atom. The van der Waals surface area contributed by atoms with E-state index >= 15 is 0 Å². The Morgan fingerprint density at radius 1 is 1.13 bits per heavy atom. The highest BCUT2D eigenvalue weighted by Gasteiger charge is 2.66. The van der Waals surface area contributed by atoms with Crippen LogP contribution in [0.3, 0.4) is 0 Å². The number of hydrogen-bond acceptors (Lipinski definition) is 3. The average molecular weight is 316 g/mol. The van der Waals surface area contributed by atoms with Crippen LogP contribution in [0.2, 0.25) is 0 Å². The van der Waals surface area contributed by atoms with Crippen molar-refractivity contribution in [2.24, 2.45) is 28.1 Å². The maximum atomic E-state index is 12.5. The number of hydrogen-bond donors (Lipinski definition) is 0. The van der Waals surface area contributed by atoms with Gasteiger partial charge in [0.15, 0.2) is 0 Å². The third kappa shape index (κ3) is 1.82. The largest absolute Gasteiger partial charge is 0.457 e. The molecule has 1 saturated heterocycles. The highest BCUT2D eigenvalue weighted by Crippen LogP contribution is 2.69. The van der Waals surface area contributed by atoms with Gasteiger partial charge in [0.1, 0.15) is 11.9 Å². The summed E-state index contributed by atoms with van der Waals surface area (Å²) < 4.78 is 5.76. The summed E-state index contributed by atoms with van der Waals surface area (Å²) in [5.74, 6) is 1.10. The molecule has 2 saturated carbocycles. The second-order valence-electron chi connectivity index (χ2n) is 9.33. The first kappa shape index (κ1) is 15.4. The van der Waals surface area contributed by atoms with Gasteiger partial charge in [0.25, 0.3) is 0 Å². The number of ether oxygens (including phenoxy) is 1. The van der Waals surface area contributed by atoms with Gasteiger partial charge in [0.05, 0.1) is 0 Å². The summed E-state index contributed by atoms with van der Waals surface area (Å²) in [7, 11) is 0. The van der Waals surface area contributed by atoms with Crippen molar-refractivity contribution in [1.82, 2.24) is 0 Å². The summed E-state index contributed by atoms with van der Waals surface area (Å²) in [4.78, 5) is 24.8. The molecule has 1 aliphatic heterocycles. The first-order chi connectivity index (χ1) is 10.7. The average Bonchev–Trinajstić information content (AvgIpc) is 2.77. The van der Waals surface area contributed by atoms with E-state index in [-0.39, 0.29) is 28.3 Å². The van der Waals surface area contributed by atoms with Crippen LogP contribution in [0.15, 0.2) is 11.6 Å². The van der Waals surface area contributed by atoms with E-state index in [0.29, 0.717) is 30.5 Å². The zero-order chi connectivity index (χ0) is 16.6. The monoisotopic (exact) mass is 316 g/mol. The molecule has 0 aromatic carbocycles. The number of Topliss-reactive ketones (excluding diaryl/α,β-unsaturated/α-hetero) is 1. The van der Waals surface area contributed by atoms with E-state index in [2.05, 4.69) is 33.8 Å². The lowest BCUT2D eigenvalue weighted by Gasteiger charge is -2.64. The van der Waals surface area contributed by atoms with Gasteiger partial charge in [-0.25, -0.2) is 0 Å². The summed E-state index contributed by atoms with van der Waals surface area (Å²) >= 11 is 0. The molecular formula is C20H28O3. The molecule has 0 N–H and O–H groups in total. The van der Waals surface area contributed by atoms with Crippen molar-refractivity contribution in [2.45, 2.75) is 72.3 Å². The fourth-order valence-corrected chi connectivity index (χ4v) is 6.85. The smallest absolute Gasteiger partial charge is 0.306 e. The molecule has 3 aliphatic carbocycles. The molecule has 3 fully saturated rings. The van der Waals surface area contributed by atoms with Gasteiger partial charge in [-0.3, -0.25) is 9.59 Å². The summed E-state index contributed by atoms with van der Waals surface area (Å²) in [6, 6.07) is 0. The van der Waals surface area contributed by atoms with Crippen LogP contribution in [-0.2, 0) is 14.3 Å². The molecule has 5 atom stereocenters. The van der Waals surface area contributed by atoms with E-state index in [1.165, 1.54) is 5.57 Å². The van der Waals surface area contributed by atoms with E-state index in [1.54, 1.807) is 0 Å². The van der Waals surface area contributed by atoms with Gasteiger partial charge in [-0.05, 0) is 55.9 Å². The van der Waals surface area contributed by atoms with Gasteiger partial charge >= 0.3 is 5.97 Å². The molecule has 4 rings (SSSR count). The Labute approximate surface area is 138 Å². The number of ketones is 1. The number of carbonyl (C=O) groups is 2. The molecule has 0 amide bonds. The van der Waals surface area contributed by atoms with Gasteiger partial charge < -0.3 is 4.74 Å². The predicted octanol–water partition coefficient (Wildman–Crippen LogP) is 4.06. The van der Waals surface area contributed by atoms with Crippen molar-refractivity contribution < 1.29 is 14.3 Å². The number of rotatable bonds is 0. The quantitative estimate of drug-likeness (QED) is 0.500. The van der Waals surface area contributed by atoms with Crippen LogP contribution in [0.5, 0.6) is 0 Å². The van der Waals surface area contributed by atoms with E-state index in [4.69, 9.17) is 4.74 Å². The zero-order valence-electron chi connectivity index (χ0n) is 14.8. The maximum Gasteiger partial charge on any atom is 0.306 e. The Balaban J connectivity index is 1.79. The molecule has 4 aliphatic rings. The van der Waals surface area contributed by atoms with E-state index < -0.39 is 0 Å². The number of fused-ring (bicyclic) bond motifs is 2. The summed E-state index contributed by atoms with van der Waals surface area (Å²) in [6.07, 6.45) is 7.52.